The first kappa shape index (κ1) is 20.9. The van der Waals surface area contributed by atoms with Gasteiger partial charge in [-0.25, -0.2) is 0 Å². The fourth-order valence-electron chi connectivity index (χ4n) is 2.98. The van der Waals surface area contributed by atoms with Gasteiger partial charge in [0.2, 0.25) is 0 Å². The van der Waals surface area contributed by atoms with Crippen LogP contribution in [0.5, 0.6) is 5.75 Å². The predicted octanol–water partition coefficient (Wildman–Crippen LogP) is 5.14. The number of likely N-dealkylation sites (N-methyl/N-ethyl adjacent to an activating group) is 1. The predicted molar refractivity (Wildman–Crippen MR) is 119 cm³/mol. The summed E-state index contributed by atoms with van der Waals surface area (Å²) in [6.45, 7) is 5.09. The standard InChI is InChI=1S/C24H26N2O2S/c1-18-13-19(2)15-22(14-18)28-12-11-26(3)24(27)21-6-8-23(9-7-21)29-17-20-5-4-10-25-16-20/h4-10,13-16H,11-12,17H2,1-3H3. The molecule has 0 aliphatic rings. The molecule has 2 aromatic carbocycles. The molecule has 0 radical (unpaired) electrons. The fourth-order valence-corrected chi connectivity index (χ4v) is 3.82. The Labute approximate surface area is 176 Å². The van der Waals surface area contributed by atoms with Gasteiger partial charge in [-0.1, -0.05) is 12.1 Å². The number of aryl methyl sites for hydroxylation is 2. The van der Waals surface area contributed by atoms with E-state index in [4.69, 9.17) is 4.74 Å². The number of carbonyl (C=O) groups is 1. The van der Waals surface area contributed by atoms with Crippen LogP contribution in [0.3, 0.4) is 0 Å². The van der Waals surface area contributed by atoms with E-state index in [0.29, 0.717) is 18.7 Å². The maximum absolute atomic E-state index is 12.6. The van der Waals surface area contributed by atoms with Crippen LogP contribution in [-0.4, -0.2) is 36.0 Å². The normalized spacial score (nSPS) is 10.6. The van der Waals surface area contributed by atoms with Crippen LogP contribution in [0.2, 0.25) is 0 Å². The van der Waals surface area contributed by atoms with Crippen molar-refractivity contribution < 1.29 is 9.53 Å². The van der Waals surface area contributed by atoms with E-state index >= 15 is 0 Å². The molecule has 0 bridgehead atoms. The zero-order chi connectivity index (χ0) is 20.6. The third-order valence-electron chi connectivity index (χ3n) is 4.47. The van der Waals surface area contributed by atoms with Crippen molar-refractivity contribution >= 4 is 17.7 Å². The number of pyridine rings is 1. The van der Waals surface area contributed by atoms with Gasteiger partial charge in [0, 0.05) is 35.7 Å². The first-order chi connectivity index (χ1) is 14.0. The third kappa shape index (κ3) is 6.36. The van der Waals surface area contributed by atoms with E-state index in [1.807, 2.05) is 62.5 Å². The van der Waals surface area contributed by atoms with E-state index in [2.05, 4.69) is 17.1 Å². The molecule has 3 rings (SSSR count). The number of amides is 1. The summed E-state index contributed by atoms with van der Waals surface area (Å²) in [4.78, 5) is 19.6. The van der Waals surface area contributed by atoms with Crippen LogP contribution in [0, 0.1) is 13.8 Å². The molecular weight excluding hydrogens is 380 g/mol. The Morgan fingerprint density at radius 3 is 2.45 bits per heavy atom. The van der Waals surface area contributed by atoms with Crippen molar-refractivity contribution in [1.82, 2.24) is 9.88 Å². The number of ether oxygens (including phenoxy) is 1. The maximum Gasteiger partial charge on any atom is 0.253 e. The monoisotopic (exact) mass is 406 g/mol. The molecule has 0 spiro atoms. The lowest BCUT2D eigenvalue weighted by Crippen LogP contribution is -2.30. The summed E-state index contributed by atoms with van der Waals surface area (Å²) in [6.07, 6.45) is 3.65. The molecule has 0 unspecified atom stereocenters. The highest BCUT2D eigenvalue weighted by molar-refractivity contribution is 7.98. The molecule has 3 aromatic rings. The van der Waals surface area contributed by atoms with Crippen LogP contribution < -0.4 is 4.74 Å². The molecule has 4 nitrogen and oxygen atoms in total. The molecular formula is C24H26N2O2S. The number of nitrogens with zero attached hydrogens (tertiary/aromatic N) is 2. The van der Waals surface area contributed by atoms with Crippen LogP contribution in [0.1, 0.15) is 27.0 Å². The molecule has 5 heteroatoms. The summed E-state index contributed by atoms with van der Waals surface area (Å²) >= 11 is 1.73. The molecule has 0 saturated carbocycles. The summed E-state index contributed by atoms with van der Waals surface area (Å²) in [5.74, 6) is 1.70. The van der Waals surface area contributed by atoms with Gasteiger partial charge >= 0.3 is 0 Å². The average Bonchev–Trinajstić information content (AvgIpc) is 2.72. The molecule has 0 N–H and O–H groups in total. The summed E-state index contributed by atoms with van der Waals surface area (Å²) in [5, 5.41) is 0. The SMILES string of the molecule is Cc1cc(C)cc(OCCN(C)C(=O)c2ccc(SCc3cccnc3)cc2)c1. The van der Waals surface area contributed by atoms with Gasteiger partial charge in [-0.2, -0.15) is 0 Å². The van der Waals surface area contributed by atoms with E-state index in [9.17, 15) is 4.79 Å². The summed E-state index contributed by atoms with van der Waals surface area (Å²) in [5.41, 5.74) is 4.21. The van der Waals surface area contributed by atoms with Crippen LogP contribution in [0.15, 0.2) is 71.9 Å². The van der Waals surface area contributed by atoms with Crippen LogP contribution >= 0.6 is 11.8 Å². The first-order valence-corrected chi connectivity index (χ1v) is 10.6. The highest BCUT2D eigenvalue weighted by atomic mass is 32.2. The zero-order valence-corrected chi connectivity index (χ0v) is 17.9. The van der Waals surface area contributed by atoms with E-state index < -0.39 is 0 Å². The minimum absolute atomic E-state index is 0.00201. The maximum atomic E-state index is 12.6. The number of rotatable bonds is 8. The lowest BCUT2D eigenvalue weighted by Gasteiger charge is -2.18. The molecule has 0 aliphatic heterocycles. The number of benzene rings is 2. The zero-order valence-electron chi connectivity index (χ0n) is 17.1. The molecule has 0 atom stereocenters. The Kier molecular flexibility index (Phi) is 7.30. The fraction of sp³-hybridized carbons (Fsp3) is 0.250. The minimum atomic E-state index is -0.00201. The van der Waals surface area contributed by atoms with Crippen LogP contribution in [-0.2, 0) is 5.75 Å². The van der Waals surface area contributed by atoms with Gasteiger partial charge in [-0.05, 0) is 73.0 Å². The minimum Gasteiger partial charge on any atom is -0.492 e. The van der Waals surface area contributed by atoms with Crippen molar-refractivity contribution in [3.8, 4) is 5.75 Å². The second kappa shape index (κ2) is 10.1. The van der Waals surface area contributed by atoms with Gasteiger partial charge in [-0.3, -0.25) is 9.78 Å². The Balaban J connectivity index is 1.48. The lowest BCUT2D eigenvalue weighted by molar-refractivity contribution is 0.0773. The molecule has 0 aliphatic carbocycles. The smallest absolute Gasteiger partial charge is 0.253 e. The third-order valence-corrected chi connectivity index (χ3v) is 5.55. The van der Waals surface area contributed by atoms with E-state index in [0.717, 1.165) is 16.4 Å². The second-order valence-electron chi connectivity index (χ2n) is 7.07. The average molecular weight is 407 g/mol. The Morgan fingerprint density at radius 1 is 1.07 bits per heavy atom. The molecule has 0 fully saturated rings. The van der Waals surface area contributed by atoms with Crippen molar-refractivity contribution in [3.05, 3.63) is 89.2 Å². The number of carbonyl (C=O) groups excluding carboxylic acids is 1. The van der Waals surface area contributed by atoms with Gasteiger partial charge in [-0.15, -0.1) is 11.8 Å². The molecule has 1 amide bonds. The first-order valence-electron chi connectivity index (χ1n) is 9.59. The molecule has 150 valence electrons. The largest absolute Gasteiger partial charge is 0.492 e. The number of hydrogen-bond donors (Lipinski definition) is 0. The lowest BCUT2D eigenvalue weighted by atomic mass is 10.1. The van der Waals surface area contributed by atoms with Crippen LogP contribution in [0.25, 0.3) is 0 Å². The number of thioether (sulfide) groups is 1. The second-order valence-corrected chi connectivity index (χ2v) is 8.12. The van der Waals surface area contributed by atoms with E-state index in [1.165, 1.54) is 16.7 Å². The summed E-state index contributed by atoms with van der Waals surface area (Å²) in [7, 11) is 1.80. The van der Waals surface area contributed by atoms with Gasteiger partial charge in [0.05, 0.1) is 6.54 Å². The summed E-state index contributed by atoms with van der Waals surface area (Å²) < 4.78 is 5.82. The molecule has 1 aromatic heterocycles. The quantitative estimate of drug-likeness (QED) is 0.486. The highest BCUT2D eigenvalue weighted by Gasteiger charge is 2.12. The van der Waals surface area contributed by atoms with Gasteiger partial charge in [0.15, 0.2) is 0 Å². The van der Waals surface area contributed by atoms with Crippen molar-refractivity contribution in [2.45, 2.75) is 24.5 Å². The van der Waals surface area contributed by atoms with Crippen molar-refractivity contribution in [2.24, 2.45) is 0 Å². The topological polar surface area (TPSA) is 42.4 Å². The van der Waals surface area contributed by atoms with E-state index in [-0.39, 0.29) is 5.91 Å². The van der Waals surface area contributed by atoms with Gasteiger partial charge < -0.3 is 9.64 Å². The van der Waals surface area contributed by atoms with Gasteiger partial charge in [0.25, 0.3) is 5.91 Å². The van der Waals surface area contributed by atoms with E-state index in [1.54, 1.807) is 29.9 Å². The highest BCUT2D eigenvalue weighted by Crippen LogP contribution is 2.23. The molecule has 29 heavy (non-hydrogen) atoms. The Bertz CT molecular complexity index is 923. The Morgan fingerprint density at radius 2 is 1.79 bits per heavy atom. The van der Waals surface area contributed by atoms with Gasteiger partial charge in [0.1, 0.15) is 12.4 Å². The number of aromatic nitrogens is 1. The molecule has 0 saturated heterocycles. The number of hydrogen-bond acceptors (Lipinski definition) is 4. The molecule has 1 heterocycles. The van der Waals surface area contributed by atoms with Crippen molar-refractivity contribution in [3.63, 3.8) is 0 Å². The van der Waals surface area contributed by atoms with Crippen molar-refractivity contribution in [1.29, 1.82) is 0 Å². The summed E-state index contributed by atoms with van der Waals surface area (Å²) in [6, 6.07) is 17.9. The Hall–Kier alpha value is -2.79. The van der Waals surface area contributed by atoms with Crippen LogP contribution in [0.4, 0.5) is 0 Å². The van der Waals surface area contributed by atoms with Crippen molar-refractivity contribution in [2.75, 3.05) is 20.2 Å².